The quantitative estimate of drug-likeness (QED) is 0.586. The van der Waals surface area contributed by atoms with Gasteiger partial charge in [0, 0.05) is 24.7 Å². The number of hydrogen-bond acceptors (Lipinski definition) is 5. The van der Waals surface area contributed by atoms with Crippen LogP contribution in [0.1, 0.15) is 76.1 Å². The highest BCUT2D eigenvalue weighted by atomic mass is 16.5. The van der Waals surface area contributed by atoms with Crippen LogP contribution >= 0.6 is 0 Å². The van der Waals surface area contributed by atoms with Gasteiger partial charge in [0.05, 0.1) is 5.56 Å². The summed E-state index contributed by atoms with van der Waals surface area (Å²) in [6.45, 7) is 6.02. The van der Waals surface area contributed by atoms with Gasteiger partial charge in [-0.3, -0.25) is 9.59 Å². The minimum absolute atomic E-state index is 0.00137. The van der Waals surface area contributed by atoms with Gasteiger partial charge in [0.1, 0.15) is 12.2 Å². The average Bonchev–Trinajstić information content (AvgIpc) is 3.11. The topological polar surface area (TPSA) is 69.7 Å². The Labute approximate surface area is 195 Å². The van der Waals surface area contributed by atoms with Gasteiger partial charge in [-0.25, -0.2) is 4.79 Å². The first-order valence-corrected chi connectivity index (χ1v) is 12.4. The summed E-state index contributed by atoms with van der Waals surface area (Å²) in [6.07, 6.45) is 7.76. The van der Waals surface area contributed by atoms with E-state index in [9.17, 15) is 14.4 Å². The zero-order valence-corrected chi connectivity index (χ0v) is 19.8. The number of carbonyl (C=O) groups is 3. The van der Waals surface area contributed by atoms with Gasteiger partial charge in [0.25, 0.3) is 0 Å². The molecule has 1 aromatic carbocycles. The Morgan fingerprint density at radius 1 is 0.939 bits per heavy atom. The monoisotopic (exact) mass is 450 g/mol. The maximum atomic E-state index is 13.5. The smallest absolute Gasteiger partial charge is 0.338 e. The van der Waals surface area contributed by atoms with Crippen LogP contribution in [-0.2, 0) is 19.1 Å². The summed E-state index contributed by atoms with van der Waals surface area (Å²) < 4.78 is 11.5. The van der Waals surface area contributed by atoms with Crippen LogP contribution in [0.3, 0.4) is 0 Å². The molecule has 4 aliphatic carbocycles. The largest absolute Gasteiger partial charge is 0.462 e. The van der Waals surface area contributed by atoms with Gasteiger partial charge in [0.2, 0.25) is 0 Å². The van der Waals surface area contributed by atoms with Crippen molar-refractivity contribution in [2.45, 2.75) is 77.9 Å². The standard InChI is InChI=1S/C28H34O5/c1-17(29)32-24-10-9-21-25-22(12-14-28(21,24)3)27(2)13-11-20(15-19(27)16-23(25)30)33-26(31)18-7-5-4-6-8-18/h4-8,16,20-22,24-25H,9-15H2,1-3H3/t20?,21-,22+,24?,25-,27-,28-/m0/s1. The summed E-state index contributed by atoms with van der Waals surface area (Å²) in [5, 5.41) is 0. The third kappa shape index (κ3) is 3.64. The third-order valence-electron chi connectivity index (χ3n) is 9.41. The number of rotatable bonds is 3. The van der Waals surface area contributed by atoms with E-state index in [2.05, 4.69) is 13.8 Å². The first-order valence-electron chi connectivity index (χ1n) is 12.4. The van der Waals surface area contributed by atoms with Crippen LogP contribution in [-0.4, -0.2) is 29.9 Å². The van der Waals surface area contributed by atoms with Gasteiger partial charge < -0.3 is 9.47 Å². The fourth-order valence-corrected chi connectivity index (χ4v) is 7.61. The highest BCUT2D eigenvalue weighted by Crippen LogP contribution is 2.64. The normalized spacial score (nSPS) is 39.5. The second kappa shape index (κ2) is 8.11. The van der Waals surface area contributed by atoms with Gasteiger partial charge >= 0.3 is 11.9 Å². The lowest BCUT2D eigenvalue weighted by Gasteiger charge is -2.56. The molecule has 0 bridgehead atoms. The van der Waals surface area contributed by atoms with Crippen LogP contribution in [0, 0.1) is 28.6 Å². The molecule has 4 aliphatic rings. The summed E-state index contributed by atoms with van der Waals surface area (Å²) in [5.74, 6) is 0.280. The second-order valence-electron chi connectivity index (χ2n) is 11.1. The summed E-state index contributed by atoms with van der Waals surface area (Å²) in [7, 11) is 0. The SMILES string of the molecule is CC(=O)OC1CC[C@H]2[C@@H]3C(=O)C=C4CC(OC(=O)c5ccccc5)CC[C@]4(C)[C@@H]3CC[C@]12C. The molecule has 7 atom stereocenters. The van der Waals surface area contributed by atoms with E-state index in [1.54, 1.807) is 12.1 Å². The molecule has 2 unspecified atom stereocenters. The van der Waals surface area contributed by atoms with E-state index in [0.29, 0.717) is 17.9 Å². The number of benzene rings is 1. The van der Waals surface area contributed by atoms with Crippen molar-refractivity contribution in [2.24, 2.45) is 28.6 Å². The highest BCUT2D eigenvalue weighted by Gasteiger charge is 2.61. The fraction of sp³-hybridized carbons (Fsp3) is 0.607. The maximum absolute atomic E-state index is 13.5. The van der Waals surface area contributed by atoms with Gasteiger partial charge in [-0.15, -0.1) is 0 Å². The molecule has 0 N–H and O–H groups in total. The van der Waals surface area contributed by atoms with E-state index in [1.807, 2.05) is 24.3 Å². The van der Waals surface area contributed by atoms with Crippen molar-refractivity contribution in [3.8, 4) is 0 Å². The predicted molar refractivity (Wildman–Crippen MR) is 123 cm³/mol. The van der Waals surface area contributed by atoms with Crippen LogP contribution in [0.25, 0.3) is 0 Å². The molecule has 0 aromatic heterocycles. The van der Waals surface area contributed by atoms with Crippen LogP contribution in [0.2, 0.25) is 0 Å². The molecule has 176 valence electrons. The summed E-state index contributed by atoms with van der Waals surface area (Å²) in [5.41, 5.74) is 1.57. The molecule has 33 heavy (non-hydrogen) atoms. The van der Waals surface area contributed by atoms with E-state index in [0.717, 1.165) is 44.1 Å². The number of carbonyl (C=O) groups excluding carboxylic acids is 3. The van der Waals surface area contributed by atoms with Gasteiger partial charge in [-0.1, -0.05) is 37.6 Å². The Morgan fingerprint density at radius 3 is 2.42 bits per heavy atom. The van der Waals surface area contributed by atoms with E-state index in [-0.39, 0.29) is 52.6 Å². The van der Waals surface area contributed by atoms with Crippen molar-refractivity contribution in [3.05, 3.63) is 47.5 Å². The first-order chi connectivity index (χ1) is 15.7. The van der Waals surface area contributed by atoms with Gasteiger partial charge in [0.15, 0.2) is 5.78 Å². The van der Waals surface area contributed by atoms with E-state index in [1.165, 1.54) is 6.92 Å². The lowest BCUT2D eigenvalue weighted by molar-refractivity contribution is -0.158. The molecule has 1 aromatic rings. The Morgan fingerprint density at radius 2 is 1.70 bits per heavy atom. The summed E-state index contributed by atoms with van der Waals surface area (Å²) in [6, 6.07) is 9.09. The van der Waals surface area contributed by atoms with Crippen LogP contribution < -0.4 is 0 Å². The lowest BCUT2D eigenvalue weighted by Crippen LogP contribution is -2.54. The van der Waals surface area contributed by atoms with Gasteiger partial charge in [-0.2, -0.15) is 0 Å². The molecule has 0 saturated heterocycles. The molecule has 3 fully saturated rings. The Bertz CT molecular complexity index is 997. The van der Waals surface area contributed by atoms with Crippen molar-refractivity contribution in [3.63, 3.8) is 0 Å². The van der Waals surface area contributed by atoms with Crippen LogP contribution in [0.5, 0.6) is 0 Å². The molecule has 0 amide bonds. The van der Waals surface area contributed by atoms with Crippen molar-refractivity contribution in [1.29, 1.82) is 0 Å². The molecule has 0 aliphatic heterocycles. The summed E-state index contributed by atoms with van der Waals surface area (Å²) >= 11 is 0. The molecular formula is C28H34O5. The second-order valence-corrected chi connectivity index (χ2v) is 11.1. The maximum Gasteiger partial charge on any atom is 0.338 e. The van der Waals surface area contributed by atoms with Gasteiger partial charge in [-0.05, 0) is 74.0 Å². The third-order valence-corrected chi connectivity index (χ3v) is 9.41. The average molecular weight is 451 g/mol. The molecule has 0 radical (unpaired) electrons. The van der Waals surface area contributed by atoms with E-state index >= 15 is 0 Å². The zero-order valence-electron chi connectivity index (χ0n) is 19.8. The number of fused-ring (bicyclic) bond motifs is 5. The molecule has 5 rings (SSSR count). The Kier molecular flexibility index (Phi) is 5.49. The number of ether oxygens (including phenoxy) is 2. The van der Waals surface area contributed by atoms with Crippen molar-refractivity contribution in [2.75, 3.05) is 0 Å². The lowest BCUT2D eigenvalue weighted by atomic mass is 9.47. The molecule has 0 heterocycles. The number of esters is 2. The van der Waals surface area contributed by atoms with Crippen molar-refractivity contribution >= 4 is 17.7 Å². The highest BCUT2D eigenvalue weighted by molar-refractivity contribution is 5.94. The minimum Gasteiger partial charge on any atom is -0.462 e. The number of ketones is 1. The van der Waals surface area contributed by atoms with E-state index in [4.69, 9.17) is 9.47 Å². The molecule has 0 spiro atoms. The van der Waals surface area contributed by atoms with Crippen LogP contribution in [0.4, 0.5) is 0 Å². The minimum atomic E-state index is -0.291. The predicted octanol–water partition coefficient (Wildman–Crippen LogP) is 5.29. The molecule has 5 heteroatoms. The zero-order chi connectivity index (χ0) is 23.4. The molecule has 3 saturated carbocycles. The fourth-order valence-electron chi connectivity index (χ4n) is 7.61. The van der Waals surface area contributed by atoms with E-state index < -0.39 is 0 Å². The van der Waals surface area contributed by atoms with Crippen molar-refractivity contribution < 1.29 is 23.9 Å². The summed E-state index contributed by atoms with van der Waals surface area (Å²) in [4.78, 5) is 37.7. The molecule has 5 nitrogen and oxygen atoms in total. The van der Waals surface area contributed by atoms with Crippen molar-refractivity contribution in [1.82, 2.24) is 0 Å². The Hall–Kier alpha value is -2.43. The molecular weight excluding hydrogens is 416 g/mol. The number of allylic oxidation sites excluding steroid dienone is 1. The number of hydrogen-bond donors (Lipinski definition) is 0. The Balaban J connectivity index is 1.35. The van der Waals surface area contributed by atoms with Crippen LogP contribution in [0.15, 0.2) is 42.0 Å². The first kappa shape index (κ1) is 22.4.